The fourth-order valence-corrected chi connectivity index (χ4v) is 8.56. The number of hydrogen-bond acceptors (Lipinski definition) is 9. The van der Waals surface area contributed by atoms with Crippen LogP contribution in [0.1, 0.15) is 95.1 Å². The van der Waals surface area contributed by atoms with Gasteiger partial charge in [-0.3, -0.25) is 14.6 Å². The maximum Gasteiger partial charge on any atom is 0.326 e. The fourth-order valence-electron chi connectivity index (χ4n) is 8.56. The largest absolute Gasteiger partial charge is 0.490 e. The first-order valence-electron chi connectivity index (χ1n) is 20.5. The Balaban J connectivity index is 0.991. The van der Waals surface area contributed by atoms with Crippen LogP contribution < -0.4 is 19.5 Å². The summed E-state index contributed by atoms with van der Waals surface area (Å²) in [5.41, 5.74) is 6.40. The molecule has 0 bridgehead atoms. The van der Waals surface area contributed by atoms with Gasteiger partial charge >= 0.3 is 5.97 Å². The minimum atomic E-state index is -1.25. The quantitative estimate of drug-likeness (QED) is 0.135. The SMILES string of the molecule is CCC1CCC(Oc2ccc([C@H]3COc4cc5c(cc4O3)CN(C(=O)c3nc(C)oc3C)[C@H](C(=O)N[C@@H](Cc3ccc(-c4ccncc4C)cc3)C(=O)O)C5)cc2)CC1. The lowest BCUT2D eigenvalue weighted by Crippen LogP contribution is -2.56. The van der Waals surface area contributed by atoms with Gasteiger partial charge in [-0.2, -0.15) is 0 Å². The highest BCUT2D eigenvalue weighted by Gasteiger charge is 2.39. The van der Waals surface area contributed by atoms with Gasteiger partial charge in [0.05, 0.1) is 6.10 Å². The average molecular weight is 799 g/mol. The summed E-state index contributed by atoms with van der Waals surface area (Å²) in [6, 6.07) is 19.0. The summed E-state index contributed by atoms with van der Waals surface area (Å²) in [6.07, 6.45) is 9.40. The van der Waals surface area contributed by atoms with E-state index in [2.05, 4.69) is 22.2 Å². The highest BCUT2D eigenvalue weighted by Crippen LogP contribution is 2.41. The minimum absolute atomic E-state index is 0.0467. The summed E-state index contributed by atoms with van der Waals surface area (Å²) in [7, 11) is 0. The monoisotopic (exact) mass is 798 g/mol. The second-order valence-electron chi connectivity index (χ2n) is 16.0. The lowest BCUT2D eigenvalue weighted by molar-refractivity contribution is -0.142. The van der Waals surface area contributed by atoms with Gasteiger partial charge in [-0.1, -0.05) is 49.7 Å². The molecule has 0 radical (unpaired) electrons. The molecule has 4 heterocycles. The Morgan fingerprint density at radius 3 is 2.37 bits per heavy atom. The molecular weight excluding hydrogens is 749 g/mol. The molecule has 5 aromatic rings. The molecule has 1 saturated carbocycles. The number of aromatic nitrogens is 2. The lowest BCUT2D eigenvalue weighted by Gasteiger charge is -2.37. The van der Waals surface area contributed by atoms with Crippen molar-refractivity contribution >= 4 is 17.8 Å². The minimum Gasteiger partial charge on any atom is -0.490 e. The molecule has 12 nitrogen and oxygen atoms in total. The standard InChI is InChI=1S/C47H50N4O8/c1-5-30-8-14-36(15-9-30)58-37-16-12-33(13-17-37)43-26-56-41-22-34-21-40(51(25-35(34)23-42(41)59-43)46(53)44-28(3)57-29(4)49-44)45(52)50-39(47(54)55)20-31-6-10-32(11-7-31)38-18-19-48-24-27(38)2/h6-7,10-13,16-19,22-24,30,36,39-40,43H,5,8-9,14-15,20-21,25-26H2,1-4H3,(H,50,52)(H,54,55)/t30?,36?,39-,40-,43+/m0/s1. The van der Waals surface area contributed by atoms with Crippen LogP contribution in [0.25, 0.3) is 11.1 Å². The maximum absolute atomic E-state index is 14.2. The van der Waals surface area contributed by atoms with E-state index in [4.69, 9.17) is 18.6 Å². The summed E-state index contributed by atoms with van der Waals surface area (Å²) in [4.78, 5) is 50.9. The number of amides is 2. The van der Waals surface area contributed by atoms with Gasteiger partial charge in [-0.15, -0.1) is 0 Å². The molecule has 0 spiro atoms. The van der Waals surface area contributed by atoms with Crippen LogP contribution >= 0.6 is 0 Å². The van der Waals surface area contributed by atoms with Crippen LogP contribution in [-0.2, 0) is 29.0 Å². The lowest BCUT2D eigenvalue weighted by atomic mass is 9.86. The van der Waals surface area contributed by atoms with Crippen molar-refractivity contribution in [3.05, 3.63) is 124 Å². The Bertz CT molecular complexity index is 2330. The van der Waals surface area contributed by atoms with Crippen LogP contribution in [0.15, 0.2) is 83.5 Å². The van der Waals surface area contributed by atoms with Gasteiger partial charge in [-0.05, 0) is 115 Å². The molecule has 3 atom stereocenters. The Hall–Kier alpha value is -6.17. The molecule has 0 saturated heterocycles. The van der Waals surface area contributed by atoms with Crippen molar-refractivity contribution in [2.24, 2.45) is 5.92 Å². The number of ether oxygens (including phenoxy) is 3. The molecule has 2 aromatic heterocycles. The fraction of sp³-hybridized carbons (Fsp3) is 0.383. The second-order valence-corrected chi connectivity index (χ2v) is 16.0. The van der Waals surface area contributed by atoms with Crippen molar-refractivity contribution in [3.8, 4) is 28.4 Å². The van der Waals surface area contributed by atoms with Gasteiger partial charge in [0, 0.05) is 38.7 Å². The first-order chi connectivity index (χ1) is 28.5. The number of carboxylic acids is 1. The van der Waals surface area contributed by atoms with Gasteiger partial charge in [0.15, 0.2) is 29.2 Å². The summed E-state index contributed by atoms with van der Waals surface area (Å²) >= 11 is 0. The normalized spacial score (nSPS) is 20.3. The Morgan fingerprint density at radius 1 is 0.949 bits per heavy atom. The predicted molar refractivity (Wildman–Crippen MR) is 219 cm³/mol. The zero-order valence-electron chi connectivity index (χ0n) is 33.9. The van der Waals surface area contributed by atoms with Gasteiger partial charge in [0.1, 0.15) is 30.2 Å². The highest BCUT2D eigenvalue weighted by molar-refractivity contribution is 5.98. The Labute approximate surface area is 343 Å². The molecule has 2 aliphatic heterocycles. The van der Waals surface area contributed by atoms with E-state index in [1.54, 1.807) is 26.2 Å². The molecule has 306 valence electrons. The molecule has 3 aliphatic rings. The number of nitrogens with zero attached hydrogens (tertiary/aromatic N) is 3. The van der Waals surface area contributed by atoms with E-state index in [1.165, 1.54) is 24.2 Å². The van der Waals surface area contributed by atoms with Crippen molar-refractivity contribution < 1.29 is 38.1 Å². The number of oxazole rings is 1. The van der Waals surface area contributed by atoms with E-state index in [-0.39, 0.29) is 43.9 Å². The van der Waals surface area contributed by atoms with E-state index < -0.39 is 29.9 Å². The molecule has 8 rings (SSSR count). The van der Waals surface area contributed by atoms with Crippen molar-refractivity contribution in [2.75, 3.05) is 6.61 Å². The van der Waals surface area contributed by atoms with E-state index >= 15 is 0 Å². The smallest absolute Gasteiger partial charge is 0.326 e. The van der Waals surface area contributed by atoms with Gasteiger partial charge in [0.2, 0.25) is 5.91 Å². The Morgan fingerprint density at radius 2 is 1.69 bits per heavy atom. The number of aryl methyl sites for hydroxylation is 3. The zero-order chi connectivity index (χ0) is 41.2. The third-order valence-electron chi connectivity index (χ3n) is 12.0. The predicted octanol–water partition coefficient (Wildman–Crippen LogP) is 7.90. The molecule has 2 N–H and O–H groups in total. The highest BCUT2D eigenvalue weighted by atomic mass is 16.6. The topological polar surface area (TPSA) is 153 Å². The summed E-state index contributed by atoms with van der Waals surface area (Å²) < 4.78 is 24.7. The third kappa shape index (κ3) is 8.67. The number of hydrogen-bond donors (Lipinski definition) is 2. The molecule has 2 amide bonds. The number of fused-ring (bicyclic) bond motifs is 2. The van der Waals surface area contributed by atoms with Crippen LogP contribution in [0.5, 0.6) is 17.2 Å². The molecule has 59 heavy (non-hydrogen) atoms. The van der Waals surface area contributed by atoms with Crippen LogP contribution in [0.2, 0.25) is 0 Å². The number of carboxylic acid groups (broad SMARTS) is 1. The van der Waals surface area contributed by atoms with Crippen LogP contribution in [-0.4, -0.2) is 62.6 Å². The molecule has 12 heteroatoms. The number of nitrogens with one attached hydrogen (secondary N) is 1. The number of rotatable bonds is 11. The molecular formula is C47H50N4O8. The van der Waals surface area contributed by atoms with Crippen LogP contribution in [0.4, 0.5) is 0 Å². The van der Waals surface area contributed by atoms with Gasteiger partial charge in [-0.25, -0.2) is 9.78 Å². The van der Waals surface area contributed by atoms with E-state index in [1.807, 2.05) is 73.7 Å². The van der Waals surface area contributed by atoms with Gasteiger partial charge in [0.25, 0.3) is 5.91 Å². The van der Waals surface area contributed by atoms with Crippen molar-refractivity contribution in [2.45, 2.75) is 103 Å². The van der Waals surface area contributed by atoms with E-state index in [0.717, 1.165) is 63.5 Å². The Kier molecular flexibility index (Phi) is 11.4. The van der Waals surface area contributed by atoms with Crippen molar-refractivity contribution in [1.29, 1.82) is 0 Å². The number of aliphatic carboxylic acids is 1. The third-order valence-corrected chi connectivity index (χ3v) is 12.0. The maximum atomic E-state index is 14.2. The molecule has 3 aromatic carbocycles. The first kappa shape index (κ1) is 39.6. The summed E-state index contributed by atoms with van der Waals surface area (Å²) in [5, 5.41) is 13.0. The first-order valence-corrected chi connectivity index (χ1v) is 20.5. The summed E-state index contributed by atoms with van der Waals surface area (Å²) in [5.74, 6) is 1.12. The van der Waals surface area contributed by atoms with Crippen LogP contribution in [0, 0.1) is 26.7 Å². The number of pyridine rings is 1. The summed E-state index contributed by atoms with van der Waals surface area (Å²) in [6.45, 7) is 7.89. The van der Waals surface area contributed by atoms with Crippen molar-refractivity contribution in [1.82, 2.24) is 20.2 Å². The van der Waals surface area contributed by atoms with Crippen LogP contribution in [0.3, 0.4) is 0 Å². The van der Waals surface area contributed by atoms with E-state index in [0.29, 0.717) is 23.1 Å². The zero-order valence-corrected chi connectivity index (χ0v) is 33.9. The number of carbonyl (C=O) groups is 3. The molecule has 0 unspecified atom stereocenters. The number of benzene rings is 3. The average Bonchev–Trinajstić information content (AvgIpc) is 3.59. The van der Waals surface area contributed by atoms with E-state index in [9.17, 15) is 19.5 Å². The molecule has 1 aliphatic carbocycles. The van der Waals surface area contributed by atoms with Gasteiger partial charge < -0.3 is 34.0 Å². The second kappa shape index (κ2) is 17.0. The van der Waals surface area contributed by atoms with Crippen molar-refractivity contribution in [3.63, 3.8) is 0 Å². The number of carbonyl (C=O) groups excluding carboxylic acids is 2. The molecule has 1 fully saturated rings.